The Balaban J connectivity index is 0.00000289. The zero-order valence-electron chi connectivity index (χ0n) is 12.4. The molecule has 0 aromatic rings. The van der Waals surface area contributed by atoms with E-state index in [0.29, 0.717) is 24.1 Å². The van der Waals surface area contributed by atoms with Crippen LogP contribution in [0.25, 0.3) is 0 Å². The molecule has 0 bridgehead atoms. The molecule has 2 N–H and O–H groups in total. The van der Waals surface area contributed by atoms with E-state index in [2.05, 4.69) is 42.5 Å². The molecule has 0 amide bonds. The number of guanidine groups is 1. The smallest absolute Gasteiger partial charge is 0.191 e. The van der Waals surface area contributed by atoms with Gasteiger partial charge in [0.05, 0.1) is 6.54 Å². The van der Waals surface area contributed by atoms with Crippen LogP contribution in [0, 0.1) is 0 Å². The van der Waals surface area contributed by atoms with Gasteiger partial charge < -0.3 is 10.6 Å². The van der Waals surface area contributed by atoms with Crippen LogP contribution < -0.4 is 5.73 Å². The third-order valence-corrected chi connectivity index (χ3v) is 3.41. The molecule has 5 heteroatoms. The summed E-state index contributed by atoms with van der Waals surface area (Å²) in [5, 5.41) is 0. The molecule has 1 fully saturated rings. The molecule has 4 nitrogen and oxygen atoms in total. The van der Waals surface area contributed by atoms with Gasteiger partial charge >= 0.3 is 0 Å². The fourth-order valence-corrected chi connectivity index (χ4v) is 2.15. The topological polar surface area (TPSA) is 44.9 Å². The lowest BCUT2D eigenvalue weighted by Crippen LogP contribution is -2.40. The lowest BCUT2D eigenvalue weighted by atomic mass is 10.2. The van der Waals surface area contributed by atoms with Crippen molar-refractivity contribution in [3.8, 4) is 0 Å². The first kappa shape index (κ1) is 18.0. The molecule has 0 spiro atoms. The molecular weight excluding hydrogens is 339 g/mol. The highest BCUT2D eigenvalue weighted by atomic mass is 127. The molecule has 1 rings (SSSR count). The van der Waals surface area contributed by atoms with Crippen LogP contribution in [0.2, 0.25) is 0 Å². The van der Waals surface area contributed by atoms with Crippen LogP contribution in [0.15, 0.2) is 4.99 Å². The summed E-state index contributed by atoms with van der Waals surface area (Å²) in [6.07, 6.45) is 2.52. The van der Waals surface area contributed by atoms with E-state index in [-0.39, 0.29) is 24.0 Å². The molecule has 0 aromatic heterocycles. The Bertz CT molecular complexity index is 254. The number of nitrogens with zero attached hydrogens (tertiary/aromatic N) is 3. The van der Waals surface area contributed by atoms with Crippen molar-refractivity contribution in [3.05, 3.63) is 0 Å². The molecule has 1 saturated carbocycles. The third-order valence-electron chi connectivity index (χ3n) is 3.41. The fourth-order valence-electron chi connectivity index (χ4n) is 2.15. The Morgan fingerprint density at radius 1 is 1.22 bits per heavy atom. The number of rotatable bonds is 6. The predicted molar refractivity (Wildman–Crippen MR) is 89.7 cm³/mol. The Labute approximate surface area is 129 Å². The SMILES string of the molecule is CC(C)N(CCN=C(N)N(C)C1CC1)C(C)C.I. The summed E-state index contributed by atoms with van der Waals surface area (Å²) in [6, 6.07) is 1.77. The maximum atomic E-state index is 5.95. The Kier molecular flexibility index (Phi) is 8.18. The van der Waals surface area contributed by atoms with Gasteiger partial charge in [-0.25, -0.2) is 0 Å². The zero-order valence-corrected chi connectivity index (χ0v) is 14.7. The minimum Gasteiger partial charge on any atom is -0.370 e. The van der Waals surface area contributed by atoms with E-state index >= 15 is 0 Å². The molecule has 1 aliphatic rings. The van der Waals surface area contributed by atoms with E-state index in [0.717, 1.165) is 13.1 Å². The van der Waals surface area contributed by atoms with Gasteiger partial charge in [-0.05, 0) is 40.5 Å². The molecule has 0 aliphatic heterocycles. The van der Waals surface area contributed by atoms with Crippen LogP contribution in [-0.2, 0) is 0 Å². The molecule has 0 saturated heterocycles. The molecule has 18 heavy (non-hydrogen) atoms. The van der Waals surface area contributed by atoms with Gasteiger partial charge in [0.1, 0.15) is 0 Å². The lowest BCUT2D eigenvalue weighted by molar-refractivity contribution is 0.180. The summed E-state index contributed by atoms with van der Waals surface area (Å²) < 4.78 is 0. The van der Waals surface area contributed by atoms with Crippen molar-refractivity contribution < 1.29 is 0 Å². The molecule has 1 aliphatic carbocycles. The first-order chi connectivity index (χ1) is 7.93. The van der Waals surface area contributed by atoms with Gasteiger partial charge in [-0.2, -0.15) is 0 Å². The standard InChI is InChI=1S/C13H28N4.HI/c1-10(2)17(11(3)4)9-8-15-13(14)16(5)12-6-7-12;/h10-12H,6-9H2,1-5H3,(H2,14,15);1H. The van der Waals surface area contributed by atoms with Gasteiger partial charge in [0.15, 0.2) is 5.96 Å². The molecule has 0 aromatic carbocycles. The maximum Gasteiger partial charge on any atom is 0.191 e. The quantitative estimate of drug-likeness (QED) is 0.444. The number of aliphatic imine (C=N–C) groups is 1. The third kappa shape index (κ3) is 5.73. The van der Waals surface area contributed by atoms with E-state index < -0.39 is 0 Å². The predicted octanol–water partition coefficient (Wildman–Crippen LogP) is 2.13. The van der Waals surface area contributed by atoms with Crippen molar-refractivity contribution in [1.29, 1.82) is 0 Å². The maximum absolute atomic E-state index is 5.95. The van der Waals surface area contributed by atoms with E-state index in [4.69, 9.17) is 5.73 Å². The van der Waals surface area contributed by atoms with E-state index in [1.54, 1.807) is 0 Å². The van der Waals surface area contributed by atoms with Crippen LogP contribution in [0.5, 0.6) is 0 Å². The monoisotopic (exact) mass is 368 g/mol. The Morgan fingerprint density at radius 3 is 2.11 bits per heavy atom. The first-order valence-electron chi connectivity index (χ1n) is 6.72. The number of hydrogen-bond donors (Lipinski definition) is 1. The second-order valence-corrected chi connectivity index (χ2v) is 5.51. The fraction of sp³-hybridized carbons (Fsp3) is 0.923. The van der Waals surface area contributed by atoms with Gasteiger partial charge in [0.25, 0.3) is 0 Å². The number of nitrogens with two attached hydrogens (primary N) is 1. The average Bonchev–Trinajstić information content (AvgIpc) is 3.05. The highest BCUT2D eigenvalue weighted by Crippen LogP contribution is 2.24. The first-order valence-corrected chi connectivity index (χ1v) is 6.72. The second kappa shape index (κ2) is 8.19. The highest BCUT2D eigenvalue weighted by Gasteiger charge is 2.27. The summed E-state index contributed by atoms with van der Waals surface area (Å²) in [4.78, 5) is 9.01. The van der Waals surface area contributed by atoms with Crippen molar-refractivity contribution in [1.82, 2.24) is 9.80 Å². The number of halogens is 1. The van der Waals surface area contributed by atoms with Crippen LogP contribution in [0.4, 0.5) is 0 Å². The minimum atomic E-state index is 0. The second-order valence-electron chi connectivity index (χ2n) is 5.51. The Morgan fingerprint density at radius 2 is 1.72 bits per heavy atom. The van der Waals surface area contributed by atoms with Crippen LogP contribution in [0.1, 0.15) is 40.5 Å². The summed E-state index contributed by atoms with van der Waals surface area (Å²) >= 11 is 0. The summed E-state index contributed by atoms with van der Waals surface area (Å²) in [7, 11) is 2.04. The van der Waals surface area contributed by atoms with Crippen LogP contribution in [0.3, 0.4) is 0 Å². The summed E-state index contributed by atoms with van der Waals surface area (Å²) in [6.45, 7) is 10.7. The molecule has 0 radical (unpaired) electrons. The van der Waals surface area contributed by atoms with Crippen LogP contribution >= 0.6 is 24.0 Å². The largest absolute Gasteiger partial charge is 0.370 e. The summed E-state index contributed by atoms with van der Waals surface area (Å²) in [5.41, 5.74) is 5.95. The zero-order chi connectivity index (χ0) is 13.0. The van der Waals surface area contributed by atoms with E-state index in [9.17, 15) is 0 Å². The van der Waals surface area contributed by atoms with Crippen molar-refractivity contribution in [2.45, 2.75) is 58.7 Å². The molecule has 0 unspecified atom stereocenters. The minimum absolute atomic E-state index is 0. The Hall–Kier alpha value is -0.0400. The van der Waals surface area contributed by atoms with Gasteiger partial charge in [0, 0.05) is 31.7 Å². The highest BCUT2D eigenvalue weighted by molar-refractivity contribution is 14.0. The van der Waals surface area contributed by atoms with Crippen molar-refractivity contribution in [2.75, 3.05) is 20.1 Å². The van der Waals surface area contributed by atoms with Crippen molar-refractivity contribution in [2.24, 2.45) is 10.7 Å². The lowest BCUT2D eigenvalue weighted by Gasteiger charge is -2.30. The molecule has 0 atom stereocenters. The van der Waals surface area contributed by atoms with Crippen LogP contribution in [-0.4, -0.2) is 54.0 Å². The average molecular weight is 368 g/mol. The normalized spacial score (nSPS) is 16.3. The van der Waals surface area contributed by atoms with Gasteiger partial charge in [-0.1, -0.05) is 0 Å². The molecule has 0 heterocycles. The van der Waals surface area contributed by atoms with Crippen molar-refractivity contribution >= 4 is 29.9 Å². The summed E-state index contributed by atoms with van der Waals surface area (Å²) in [5.74, 6) is 0.694. The molecule has 108 valence electrons. The van der Waals surface area contributed by atoms with E-state index in [1.165, 1.54) is 12.8 Å². The van der Waals surface area contributed by atoms with Gasteiger partial charge in [-0.3, -0.25) is 9.89 Å². The molecular formula is C13H29IN4. The van der Waals surface area contributed by atoms with Crippen molar-refractivity contribution in [3.63, 3.8) is 0 Å². The van der Waals surface area contributed by atoms with Gasteiger partial charge in [-0.15, -0.1) is 24.0 Å². The number of hydrogen-bond acceptors (Lipinski definition) is 2. The van der Waals surface area contributed by atoms with Gasteiger partial charge in [0.2, 0.25) is 0 Å². The van der Waals surface area contributed by atoms with E-state index in [1.807, 2.05) is 7.05 Å².